The first-order valence-corrected chi connectivity index (χ1v) is 10.9. The first kappa shape index (κ1) is 22.8. The monoisotopic (exact) mass is 420 g/mol. The van der Waals surface area contributed by atoms with E-state index in [4.69, 9.17) is 10.5 Å². The van der Waals surface area contributed by atoms with Crippen LogP contribution in [0.15, 0.2) is 48.5 Å². The number of carbonyl (C=O) groups excluding carboxylic acids is 1. The van der Waals surface area contributed by atoms with E-state index in [1.54, 1.807) is 0 Å². The summed E-state index contributed by atoms with van der Waals surface area (Å²) in [6, 6.07) is 18.5. The Hall–Kier alpha value is -2.88. The largest absolute Gasteiger partial charge is 0.465 e. The smallest absolute Gasteiger partial charge is 0.337 e. The summed E-state index contributed by atoms with van der Waals surface area (Å²) in [5.74, 6) is -0.331. The number of methoxy groups -OCH3 is 1. The van der Waals surface area contributed by atoms with Crippen LogP contribution in [0, 0.1) is 11.3 Å². The standard InChI is InChI=1S/C25H32N4O2/c1-19(10-13-26)28-14-11-24(12-15-28)29(18-21-5-3-4-20(16-21)17-27)23-8-6-22(7-9-23)25(30)31-2/h3-9,16,19,24H,10-15,18,26H2,1-2H3. The van der Waals surface area contributed by atoms with Crippen LogP contribution < -0.4 is 10.6 Å². The average Bonchev–Trinajstić information content (AvgIpc) is 2.82. The van der Waals surface area contributed by atoms with Crippen molar-refractivity contribution in [2.75, 3.05) is 31.6 Å². The summed E-state index contributed by atoms with van der Waals surface area (Å²) >= 11 is 0. The third-order valence-electron chi connectivity index (χ3n) is 6.18. The zero-order valence-corrected chi connectivity index (χ0v) is 18.5. The predicted molar refractivity (Wildman–Crippen MR) is 123 cm³/mol. The van der Waals surface area contributed by atoms with Crippen molar-refractivity contribution in [2.45, 2.75) is 44.8 Å². The second-order valence-corrected chi connectivity index (χ2v) is 8.17. The van der Waals surface area contributed by atoms with E-state index in [0.717, 1.165) is 56.7 Å². The molecule has 0 radical (unpaired) electrons. The minimum Gasteiger partial charge on any atom is -0.465 e. The van der Waals surface area contributed by atoms with Gasteiger partial charge in [-0.1, -0.05) is 12.1 Å². The van der Waals surface area contributed by atoms with Crippen LogP contribution in [0.5, 0.6) is 0 Å². The number of nitrogens with two attached hydrogens (primary N) is 1. The van der Waals surface area contributed by atoms with E-state index in [9.17, 15) is 10.1 Å². The van der Waals surface area contributed by atoms with E-state index >= 15 is 0 Å². The molecule has 6 nitrogen and oxygen atoms in total. The maximum atomic E-state index is 11.8. The van der Waals surface area contributed by atoms with E-state index < -0.39 is 0 Å². The number of benzene rings is 2. The van der Waals surface area contributed by atoms with Gasteiger partial charge in [0.25, 0.3) is 0 Å². The van der Waals surface area contributed by atoms with E-state index in [0.29, 0.717) is 23.2 Å². The van der Waals surface area contributed by atoms with Gasteiger partial charge in [0.15, 0.2) is 0 Å². The lowest BCUT2D eigenvalue weighted by atomic mass is 9.99. The van der Waals surface area contributed by atoms with E-state index in [2.05, 4.69) is 28.9 Å². The van der Waals surface area contributed by atoms with Crippen molar-refractivity contribution >= 4 is 11.7 Å². The lowest BCUT2D eigenvalue weighted by Crippen LogP contribution is -2.47. The number of hydrogen-bond acceptors (Lipinski definition) is 6. The third kappa shape index (κ3) is 5.84. The van der Waals surface area contributed by atoms with Gasteiger partial charge in [0.2, 0.25) is 0 Å². The zero-order chi connectivity index (χ0) is 22.2. The number of anilines is 1. The molecule has 0 bridgehead atoms. The number of esters is 1. The average molecular weight is 421 g/mol. The second kappa shape index (κ2) is 10.9. The molecule has 2 aromatic carbocycles. The second-order valence-electron chi connectivity index (χ2n) is 8.17. The fraction of sp³-hybridized carbons (Fsp3) is 0.440. The van der Waals surface area contributed by atoms with Crippen molar-refractivity contribution in [1.82, 2.24) is 4.90 Å². The SMILES string of the molecule is COC(=O)c1ccc(N(Cc2cccc(C#N)c2)C2CCN(C(C)CCN)CC2)cc1. The molecule has 1 heterocycles. The maximum absolute atomic E-state index is 11.8. The molecule has 0 saturated carbocycles. The van der Waals surface area contributed by atoms with E-state index in [-0.39, 0.29) is 5.97 Å². The first-order chi connectivity index (χ1) is 15.0. The molecule has 1 aliphatic heterocycles. The number of nitrogens with zero attached hydrogens (tertiary/aromatic N) is 3. The molecule has 6 heteroatoms. The first-order valence-electron chi connectivity index (χ1n) is 10.9. The summed E-state index contributed by atoms with van der Waals surface area (Å²) in [6.45, 7) is 5.77. The Morgan fingerprint density at radius 3 is 2.58 bits per heavy atom. The molecule has 0 amide bonds. The highest BCUT2D eigenvalue weighted by Gasteiger charge is 2.27. The summed E-state index contributed by atoms with van der Waals surface area (Å²) < 4.78 is 4.83. The van der Waals surface area contributed by atoms with Crippen molar-refractivity contribution in [3.63, 3.8) is 0 Å². The molecular formula is C25H32N4O2. The molecule has 2 N–H and O–H groups in total. The van der Waals surface area contributed by atoms with Crippen LogP contribution in [-0.4, -0.2) is 49.7 Å². The number of carbonyl (C=O) groups is 1. The number of ether oxygens (including phenoxy) is 1. The van der Waals surface area contributed by atoms with Gasteiger partial charge in [-0.3, -0.25) is 0 Å². The van der Waals surface area contributed by atoms with Crippen LogP contribution in [-0.2, 0) is 11.3 Å². The molecule has 1 saturated heterocycles. The molecule has 1 atom stereocenters. The van der Waals surface area contributed by atoms with Crippen molar-refractivity contribution in [3.05, 3.63) is 65.2 Å². The fourth-order valence-corrected chi connectivity index (χ4v) is 4.34. The highest BCUT2D eigenvalue weighted by atomic mass is 16.5. The van der Waals surface area contributed by atoms with Crippen LogP contribution >= 0.6 is 0 Å². The Bertz CT molecular complexity index is 898. The van der Waals surface area contributed by atoms with Crippen LogP contribution in [0.1, 0.15) is 47.7 Å². The molecule has 1 fully saturated rings. The Balaban J connectivity index is 1.81. The van der Waals surface area contributed by atoms with Gasteiger partial charge in [-0.15, -0.1) is 0 Å². The van der Waals surface area contributed by atoms with Gasteiger partial charge in [0.1, 0.15) is 0 Å². The maximum Gasteiger partial charge on any atom is 0.337 e. The Morgan fingerprint density at radius 1 is 1.26 bits per heavy atom. The quantitative estimate of drug-likeness (QED) is 0.658. The summed E-state index contributed by atoms with van der Waals surface area (Å²) in [6.07, 6.45) is 3.14. The Morgan fingerprint density at radius 2 is 1.97 bits per heavy atom. The highest BCUT2D eigenvalue weighted by molar-refractivity contribution is 5.89. The number of nitriles is 1. The summed E-state index contributed by atoms with van der Waals surface area (Å²) in [5.41, 5.74) is 9.14. The van der Waals surface area contributed by atoms with Gasteiger partial charge >= 0.3 is 5.97 Å². The molecule has 1 aliphatic rings. The lowest BCUT2D eigenvalue weighted by molar-refractivity contribution is 0.0600. The van der Waals surface area contributed by atoms with Crippen molar-refractivity contribution in [1.29, 1.82) is 5.26 Å². The van der Waals surface area contributed by atoms with Crippen LogP contribution in [0.4, 0.5) is 5.69 Å². The van der Waals surface area contributed by atoms with Gasteiger partial charge in [-0.2, -0.15) is 5.26 Å². The molecule has 0 aliphatic carbocycles. The van der Waals surface area contributed by atoms with Gasteiger partial charge in [-0.25, -0.2) is 4.79 Å². The minimum absolute atomic E-state index is 0.331. The van der Waals surface area contributed by atoms with Gasteiger partial charge in [0, 0.05) is 37.4 Å². The number of likely N-dealkylation sites (tertiary alicyclic amines) is 1. The summed E-state index contributed by atoms with van der Waals surface area (Å²) in [4.78, 5) is 16.8. The zero-order valence-electron chi connectivity index (χ0n) is 18.5. The number of rotatable bonds is 8. The summed E-state index contributed by atoms with van der Waals surface area (Å²) in [5, 5.41) is 9.27. The van der Waals surface area contributed by atoms with Gasteiger partial charge in [-0.05, 0) is 74.7 Å². The number of hydrogen-bond donors (Lipinski definition) is 1. The normalized spacial score (nSPS) is 15.8. The van der Waals surface area contributed by atoms with E-state index in [1.165, 1.54) is 7.11 Å². The van der Waals surface area contributed by atoms with Crippen molar-refractivity contribution in [2.24, 2.45) is 5.73 Å². The van der Waals surface area contributed by atoms with Crippen molar-refractivity contribution < 1.29 is 9.53 Å². The minimum atomic E-state index is -0.331. The van der Waals surface area contributed by atoms with Crippen LogP contribution in [0.3, 0.4) is 0 Å². The number of piperidine rings is 1. The third-order valence-corrected chi connectivity index (χ3v) is 6.18. The van der Waals surface area contributed by atoms with Crippen molar-refractivity contribution in [3.8, 4) is 6.07 Å². The molecule has 3 rings (SSSR count). The van der Waals surface area contributed by atoms with Crippen LogP contribution in [0.25, 0.3) is 0 Å². The fourth-order valence-electron chi connectivity index (χ4n) is 4.34. The molecule has 0 aromatic heterocycles. The van der Waals surface area contributed by atoms with E-state index in [1.807, 2.05) is 42.5 Å². The molecule has 0 spiro atoms. The topological polar surface area (TPSA) is 82.6 Å². The summed E-state index contributed by atoms with van der Waals surface area (Å²) in [7, 11) is 1.39. The molecular weight excluding hydrogens is 388 g/mol. The molecule has 1 unspecified atom stereocenters. The predicted octanol–water partition coefficient (Wildman–Crippen LogP) is 3.55. The molecule has 164 valence electrons. The molecule has 31 heavy (non-hydrogen) atoms. The molecule has 2 aromatic rings. The Labute approximate surface area is 185 Å². The van der Waals surface area contributed by atoms with Gasteiger partial charge < -0.3 is 20.3 Å². The van der Waals surface area contributed by atoms with Crippen LogP contribution in [0.2, 0.25) is 0 Å². The highest BCUT2D eigenvalue weighted by Crippen LogP contribution is 2.27. The van der Waals surface area contributed by atoms with Gasteiger partial charge in [0.05, 0.1) is 24.3 Å². The lowest BCUT2D eigenvalue weighted by Gasteiger charge is -2.42. The Kier molecular flexibility index (Phi) is 8.05.